The zero-order chi connectivity index (χ0) is 18.8. The van der Waals surface area contributed by atoms with Gasteiger partial charge in [0.15, 0.2) is 0 Å². The molecule has 0 saturated carbocycles. The summed E-state index contributed by atoms with van der Waals surface area (Å²) in [5.74, 6) is 0. The third-order valence-electron chi connectivity index (χ3n) is 4.33. The highest BCUT2D eigenvalue weighted by molar-refractivity contribution is 7.89. The molecule has 0 unspecified atom stereocenters. The van der Waals surface area contributed by atoms with Gasteiger partial charge in [-0.1, -0.05) is 6.07 Å². The molecule has 0 radical (unpaired) electrons. The molecular weight excluding hydrogens is 369 g/mol. The Balaban J connectivity index is 1.63. The monoisotopic (exact) mass is 388 g/mol. The highest BCUT2D eigenvalue weighted by Gasteiger charge is 2.33. The molecule has 1 fully saturated rings. The van der Waals surface area contributed by atoms with Crippen LogP contribution in [0.15, 0.2) is 47.6 Å². The largest absolute Gasteiger partial charge is 0.416 e. The van der Waals surface area contributed by atoms with E-state index in [1.807, 2.05) is 12.3 Å². The molecule has 2 heterocycles. The summed E-state index contributed by atoms with van der Waals surface area (Å²) in [6, 6.07) is 5.72. The average Bonchev–Trinajstić information content (AvgIpc) is 3.13. The predicted molar refractivity (Wildman–Crippen MR) is 88.9 cm³/mol. The summed E-state index contributed by atoms with van der Waals surface area (Å²) in [6.45, 7) is 2.99. The third kappa shape index (κ3) is 4.25. The second-order valence-electron chi connectivity index (χ2n) is 6.04. The van der Waals surface area contributed by atoms with Crippen molar-refractivity contribution in [2.45, 2.75) is 17.6 Å². The van der Waals surface area contributed by atoms with Gasteiger partial charge in [0.2, 0.25) is 10.0 Å². The highest BCUT2D eigenvalue weighted by atomic mass is 32.2. The molecule has 3 rings (SSSR count). The first-order valence-electron chi connectivity index (χ1n) is 8.14. The number of rotatable bonds is 5. The van der Waals surface area contributed by atoms with Crippen LogP contribution < -0.4 is 0 Å². The summed E-state index contributed by atoms with van der Waals surface area (Å²) in [5, 5.41) is 4.11. The lowest BCUT2D eigenvalue weighted by Crippen LogP contribution is -2.49. The SMILES string of the molecule is O=S(=O)(c1cccc(C(F)(F)F)c1)N1CCN(CCn2cccn2)CC1. The Morgan fingerprint density at radius 2 is 1.77 bits per heavy atom. The Morgan fingerprint density at radius 1 is 1.04 bits per heavy atom. The molecule has 0 aliphatic carbocycles. The van der Waals surface area contributed by atoms with Crippen molar-refractivity contribution in [1.82, 2.24) is 19.0 Å². The molecule has 10 heteroatoms. The third-order valence-corrected chi connectivity index (χ3v) is 6.23. The average molecular weight is 388 g/mol. The van der Waals surface area contributed by atoms with E-state index in [1.165, 1.54) is 10.4 Å². The van der Waals surface area contributed by atoms with Crippen LogP contribution >= 0.6 is 0 Å². The first kappa shape index (κ1) is 18.9. The van der Waals surface area contributed by atoms with Gasteiger partial charge in [-0.25, -0.2) is 8.42 Å². The lowest BCUT2D eigenvalue weighted by Gasteiger charge is -2.34. The number of hydrogen-bond acceptors (Lipinski definition) is 4. The minimum atomic E-state index is -4.57. The Kier molecular flexibility index (Phi) is 5.35. The molecule has 0 amide bonds. The number of aromatic nitrogens is 2. The quantitative estimate of drug-likeness (QED) is 0.785. The van der Waals surface area contributed by atoms with Crippen molar-refractivity contribution in [3.05, 3.63) is 48.3 Å². The minimum Gasteiger partial charge on any atom is -0.299 e. The molecule has 6 nitrogen and oxygen atoms in total. The molecule has 0 N–H and O–H groups in total. The van der Waals surface area contributed by atoms with E-state index in [9.17, 15) is 21.6 Å². The lowest BCUT2D eigenvalue weighted by atomic mass is 10.2. The zero-order valence-corrected chi connectivity index (χ0v) is 14.7. The van der Waals surface area contributed by atoms with Gasteiger partial charge in [0, 0.05) is 45.1 Å². The van der Waals surface area contributed by atoms with E-state index in [1.54, 1.807) is 10.9 Å². The van der Waals surface area contributed by atoms with E-state index in [-0.39, 0.29) is 18.0 Å². The van der Waals surface area contributed by atoms with Gasteiger partial charge in [0.25, 0.3) is 0 Å². The van der Waals surface area contributed by atoms with Gasteiger partial charge in [-0.05, 0) is 24.3 Å². The normalized spacial score (nSPS) is 17.5. The molecular formula is C16H19F3N4O2S. The summed E-state index contributed by atoms with van der Waals surface area (Å²) < 4.78 is 66.8. The van der Waals surface area contributed by atoms with Gasteiger partial charge < -0.3 is 0 Å². The fraction of sp³-hybridized carbons (Fsp3) is 0.438. The molecule has 1 aliphatic heterocycles. The van der Waals surface area contributed by atoms with Crippen LogP contribution in [0.3, 0.4) is 0 Å². The number of nitrogens with zero attached hydrogens (tertiary/aromatic N) is 4. The van der Waals surface area contributed by atoms with Gasteiger partial charge in [0.05, 0.1) is 17.0 Å². The minimum absolute atomic E-state index is 0.248. The van der Waals surface area contributed by atoms with E-state index >= 15 is 0 Å². The van der Waals surface area contributed by atoms with Gasteiger partial charge in [0.1, 0.15) is 0 Å². The predicted octanol–water partition coefficient (Wildman–Crippen LogP) is 1.91. The molecule has 1 aromatic heterocycles. The summed E-state index contributed by atoms with van der Waals surface area (Å²) in [7, 11) is -3.94. The molecule has 1 saturated heterocycles. The molecule has 142 valence electrons. The second-order valence-corrected chi connectivity index (χ2v) is 7.98. The van der Waals surface area contributed by atoms with Crippen LogP contribution in [0.2, 0.25) is 0 Å². The van der Waals surface area contributed by atoms with Crippen LogP contribution in [0.5, 0.6) is 0 Å². The molecule has 26 heavy (non-hydrogen) atoms. The molecule has 0 atom stereocenters. The number of benzene rings is 1. The van der Waals surface area contributed by atoms with E-state index < -0.39 is 21.8 Å². The highest BCUT2D eigenvalue weighted by Crippen LogP contribution is 2.31. The number of alkyl halides is 3. The topological polar surface area (TPSA) is 58.4 Å². The van der Waals surface area contributed by atoms with Crippen molar-refractivity contribution < 1.29 is 21.6 Å². The van der Waals surface area contributed by atoms with Crippen LogP contribution in [0.4, 0.5) is 13.2 Å². The Hall–Kier alpha value is -1.91. The van der Waals surface area contributed by atoms with Crippen molar-refractivity contribution in [2.75, 3.05) is 32.7 Å². The van der Waals surface area contributed by atoms with Crippen LogP contribution in [0.1, 0.15) is 5.56 Å². The number of sulfonamides is 1. The van der Waals surface area contributed by atoms with E-state index in [0.717, 1.165) is 18.7 Å². The Bertz CT molecular complexity index is 829. The van der Waals surface area contributed by atoms with Crippen molar-refractivity contribution in [1.29, 1.82) is 0 Å². The van der Waals surface area contributed by atoms with Crippen LogP contribution in [0, 0.1) is 0 Å². The van der Waals surface area contributed by atoms with Crippen LogP contribution in [-0.4, -0.2) is 60.1 Å². The molecule has 2 aromatic rings. The van der Waals surface area contributed by atoms with E-state index in [2.05, 4.69) is 10.00 Å². The fourth-order valence-electron chi connectivity index (χ4n) is 2.85. The van der Waals surface area contributed by atoms with Crippen molar-refractivity contribution in [2.24, 2.45) is 0 Å². The molecule has 0 spiro atoms. The van der Waals surface area contributed by atoms with Crippen LogP contribution in [0.25, 0.3) is 0 Å². The maximum Gasteiger partial charge on any atom is 0.416 e. The van der Waals surface area contributed by atoms with Gasteiger partial charge in [-0.3, -0.25) is 9.58 Å². The van der Waals surface area contributed by atoms with Gasteiger partial charge in [-0.2, -0.15) is 22.6 Å². The summed E-state index contributed by atoms with van der Waals surface area (Å²) in [4.78, 5) is 1.79. The van der Waals surface area contributed by atoms with E-state index in [0.29, 0.717) is 25.7 Å². The first-order valence-corrected chi connectivity index (χ1v) is 9.58. The van der Waals surface area contributed by atoms with Crippen molar-refractivity contribution in [3.63, 3.8) is 0 Å². The summed E-state index contributed by atoms with van der Waals surface area (Å²) >= 11 is 0. The summed E-state index contributed by atoms with van der Waals surface area (Å²) in [5.41, 5.74) is -0.962. The second kappa shape index (κ2) is 7.37. The van der Waals surface area contributed by atoms with E-state index in [4.69, 9.17) is 0 Å². The number of piperazine rings is 1. The number of halogens is 3. The summed E-state index contributed by atoms with van der Waals surface area (Å²) in [6.07, 6.45) is -1.02. The zero-order valence-electron chi connectivity index (χ0n) is 13.9. The molecule has 1 aliphatic rings. The standard InChI is InChI=1S/C16H19F3N4O2S/c17-16(18,19)14-3-1-4-15(13-14)26(24,25)23-11-8-21(9-12-23)7-10-22-6-2-5-20-22/h1-6,13H,7-12H2. The Morgan fingerprint density at radius 3 is 2.38 bits per heavy atom. The van der Waals surface area contributed by atoms with Crippen molar-refractivity contribution in [3.8, 4) is 0 Å². The van der Waals surface area contributed by atoms with Crippen molar-refractivity contribution >= 4 is 10.0 Å². The first-order chi connectivity index (χ1) is 12.3. The van der Waals surface area contributed by atoms with Gasteiger partial charge >= 0.3 is 6.18 Å². The Labute approximate surface area is 149 Å². The van der Waals surface area contributed by atoms with Gasteiger partial charge in [-0.15, -0.1) is 0 Å². The molecule has 1 aromatic carbocycles. The lowest BCUT2D eigenvalue weighted by molar-refractivity contribution is -0.137. The maximum absolute atomic E-state index is 12.8. The molecule has 0 bridgehead atoms. The van der Waals surface area contributed by atoms with Crippen LogP contribution in [-0.2, 0) is 22.7 Å². The fourth-order valence-corrected chi connectivity index (χ4v) is 4.32. The number of hydrogen-bond donors (Lipinski definition) is 0. The smallest absolute Gasteiger partial charge is 0.299 e. The maximum atomic E-state index is 12.8.